The van der Waals surface area contributed by atoms with Gasteiger partial charge in [0.05, 0.1) is 16.8 Å². The van der Waals surface area contributed by atoms with E-state index in [1.165, 1.54) is 0 Å². The molecule has 1 N–H and O–H groups in total. The smallest absolute Gasteiger partial charge is 0.168 e. The van der Waals surface area contributed by atoms with Crippen LogP contribution in [0.25, 0.3) is 0 Å². The number of aromatic nitrogens is 1. The molecule has 0 spiro atoms. The van der Waals surface area contributed by atoms with Crippen molar-refractivity contribution in [3.05, 3.63) is 100 Å². The van der Waals surface area contributed by atoms with Crippen molar-refractivity contribution in [2.75, 3.05) is 6.54 Å². The van der Waals surface area contributed by atoms with Gasteiger partial charge in [-0.25, -0.2) is 0 Å². The number of hydrogen-bond acceptors (Lipinski definition) is 6. The van der Waals surface area contributed by atoms with Crippen LogP contribution in [0.3, 0.4) is 0 Å². The van der Waals surface area contributed by atoms with E-state index in [0.717, 1.165) is 36.8 Å². The molecule has 0 radical (unpaired) electrons. The van der Waals surface area contributed by atoms with Gasteiger partial charge in [0.2, 0.25) is 0 Å². The Morgan fingerprint density at radius 3 is 2.17 bits per heavy atom. The van der Waals surface area contributed by atoms with Crippen molar-refractivity contribution in [2.24, 2.45) is 4.99 Å². The topological polar surface area (TPSA) is 92.8 Å². The second-order valence-electron chi connectivity index (χ2n) is 11.0. The summed E-state index contributed by atoms with van der Waals surface area (Å²) in [6.45, 7) is 2.78. The predicted molar refractivity (Wildman–Crippen MR) is 156 cm³/mol. The van der Waals surface area contributed by atoms with Crippen LogP contribution in [0.1, 0.15) is 103 Å². The molecule has 6 heteroatoms. The first-order chi connectivity index (χ1) is 19.5. The summed E-state index contributed by atoms with van der Waals surface area (Å²) in [7, 11) is 0. The minimum atomic E-state index is -0.0751. The molecule has 1 heterocycles. The number of carbonyl (C=O) groups is 2. The first-order valence-corrected chi connectivity index (χ1v) is 14.6. The first kappa shape index (κ1) is 27.8. The van der Waals surface area contributed by atoms with E-state index in [0.29, 0.717) is 73.4 Å². The summed E-state index contributed by atoms with van der Waals surface area (Å²) in [5, 5.41) is 15.4. The van der Waals surface area contributed by atoms with Gasteiger partial charge in [-0.3, -0.25) is 14.6 Å². The summed E-state index contributed by atoms with van der Waals surface area (Å²) in [5.41, 5.74) is 4.37. The molecule has 0 saturated carbocycles. The van der Waals surface area contributed by atoms with E-state index in [-0.39, 0.29) is 29.2 Å². The van der Waals surface area contributed by atoms with E-state index in [2.05, 4.69) is 12.1 Å². The molecule has 0 bridgehead atoms. The standard InChI is InChI=1S/C34H38N2O4/c1-2-3-4-11-18-35-27(33-29(37)19-25(20-30(33)38)23-12-7-5-8-13-23)16-17-28-34-31(39)21-26(22-32(34)40-36-28)24-14-9-6-10-15-24/h5-10,12-15,25-26,37H,2-4,11,16-22H2,1H3. The molecule has 6 nitrogen and oxygen atoms in total. The minimum Gasteiger partial charge on any atom is -0.511 e. The number of benzene rings is 2. The summed E-state index contributed by atoms with van der Waals surface area (Å²) in [6, 6.07) is 19.9. The lowest BCUT2D eigenvalue weighted by Gasteiger charge is -2.25. The number of allylic oxidation sites excluding steroid dienone is 2. The summed E-state index contributed by atoms with van der Waals surface area (Å²) in [4.78, 5) is 31.4. The maximum Gasteiger partial charge on any atom is 0.168 e. The van der Waals surface area contributed by atoms with E-state index in [4.69, 9.17) is 9.52 Å². The fourth-order valence-corrected chi connectivity index (χ4v) is 6.03. The van der Waals surface area contributed by atoms with Crippen molar-refractivity contribution in [3.63, 3.8) is 0 Å². The van der Waals surface area contributed by atoms with Crippen LogP contribution in [0.15, 0.2) is 81.5 Å². The van der Waals surface area contributed by atoms with Crippen LogP contribution in [0.5, 0.6) is 0 Å². The highest BCUT2D eigenvalue weighted by molar-refractivity contribution is 6.23. The lowest BCUT2D eigenvalue weighted by atomic mass is 9.80. The summed E-state index contributed by atoms with van der Waals surface area (Å²) >= 11 is 0. The molecule has 0 amide bonds. The molecule has 3 aromatic rings. The van der Waals surface area contributed by atoms with Gasteiger partial charge in [0.1, 0.15) is 11.5 Å². The number of aliphatic hydroxyl groups is 1. The highest BCUT2D eigenvalue weighted by Gasteiger charge is 2.34. The quantitative estimate of drug-likeness (QED) is 0.202. The number of hydrogen-bond donors (Lipinski definition) is 1. The molecule has 208 valence electrons. The average Bonchev–Trinajstić information content (AvgIpc) is 3.39. The van der Waals surface area contributed by atoms with E-state index in [1.807, 2.05) is 60.7 Å². The van der Waals surface area contributed by atoms with Crippen LogP contribution in [-0.2, 0) is 17.6 Å². The Morgan fingerprint density at radius 2 is 1.52 bits per heavy atom. The van der Waals surface area contributed by atoms with Gasteiger partial charge in [0, 0.05) is 37.9 Å². The lowest BCUT2D eigenvalue weighted by Crippen LogP contribution is -2.25. The molecule has 2 aromatic carbocycles. The van der Waals surface area contributed by atoms with Gasteiger partial charge < -0.3 is 9.63 Å². The van der Waals surface area contributed by atoms with Gasteiger partial charge in [0.25, 0.3) is 0 Å². The second-order valence-corrected chi connectivity index (χ2v) is 11.0. The fourth-order valence-electron chi connectivity index (χ4n) is 6.03. The van der Waals surface area contributed by atoms with Crippen LogP contribution >= 0.6 is 0 Å². The summed E-state index contributed by atoms with van der Waals surface area (Å²) in [5.74, 6) is 0.767. The zero-order valence-corrected chi connectivity index (χ0v) is 23.3. The van der Waals surface area contributed by atoms with Gasteiger partial charge in [-0.15, -0.1) is 0 Å². The molecule has 1 aromatic heterocycles. The third kappa shape index (κ3) is 6.33. The zero-order chi connectivity index (χ0) is 27.9. The number of carbonyl (C=O) groups excluding carboxylic acids is 2. The minimum absolute atomic E-state index is 0.0407. The Kier molecular flexibility index (Phi) is 9.04. The van der Waals surface area contributed by atoms with Crippen LogP contribution < -0.4 is 0 Å². The third-order valence-corrected chi connectivity index (χ3v) is 8.16. The van der Waals surface area contributed by atoms with Crippen LogP contribution in [0.4, 0.5) is 0 Å². The van der Waals surface area contributed by atoms with Crippen LogP contribution in [0.2, 0.25) is 0 Å². The van der Waals surface area contributed by atoms with E-state index < -0.39 is 0 Å². The predicted octanol–water partition coefficient (Wildman–Crippen LogP) is 7.50. The molecule has 2 aliphatic rings. The number of nitrogens with zero attached hydrogens (tertiary/aromatic N) is 2. The van der Waals surface area contributed by atoms with Gasteiger partial charge in [-0.05, 0) is 42.2 Å². The largest absolute Gasteiger partial charge is 0.511 e. The van der Waals surface area contributed by atoms with Crippen molar-refractivity contribution in [3.8, 4) is 0 Å². The van der Waals surface area contributed by atoms with E-state index in [1.54, 1.807) is 0 Å². The highest BCUT2D eigenvalue weighted by Crippen LogP contribution is 2.36. The third-order valence-electron chi connectivity index (χ3n) is 8.16. The van der Waals surface area contributed by atoms with Crippen molar-refractivity contribution in [1.29, 1.82) is 0 Å². The number of aliphatic imine (C=N–C) groups is 1. The molecular formula is C34H38N2O4. The molecule has 0 saturated heterocycles. The number of unbranched alkanes of at least 4 members (excludes halogenated alkanes) is 3. The lowest BCUT2D eigenvalue weighted by molar-refractivity contribution is -0.116. The number of aryl methyl sites for hydroxylation is 1. The number of rotatable bonds is 11. The van der Waals surface area contributed by atoms with Crippen LogP contribution in [0, 0.1) is 0 Å². The number of Topliss-reactive ketones (excluding diaryl/α,β-unsaturated/α-hetero) is 2. The van der Waals surface area contributed by atoms with Gasteiger partial charge in [-0.2, -0.15) is 0 Å². The van der Waals surface area contributed by atoms with Crippen molar-refractivity contribution in [2.45, 2.75) is 83.0 Å². The first-order valence-electron chi connectivity index (χ1n) is 14.6. The normalized spacial score (nSPS) is 19.7. The number of aliphatic hydroxyl groups excluding tert-OH is 1. The summed E-state index contributed by atoms with van der Waals surface area (Å²) < 4.78 is 5.68. The molecule has 2 atom stereocenters. The Hall–Kier alpha value is -3.80. The monoisotopic (exact) mass is 538 g/mol. The van der Waals surface area contributed by atoms with E-state index >= 15 is 0 Å². The average molecular weight is 539 g/mol. The van der Waals surface area contributed by atoms with Crippen molar-refractivity contribution >= 4 is 17.3 Å². The Bertz CT molecular complexity index is 1390. The maximum atomic E-state index is 13.4. The van der Waals surface area contributed by atoms with Crippen LogP contribution in [-0.4, -0.2) is 34.1 Å². The van der Waals surface area contributed by atoms with Gasteiger partial charge in [0.15, 0.2) is 11.6 Å². The van der Waals surface area contributed by atoms with Crippen molar-refractivity contribution in [1.82, 2.24) is 5.16 Å². The molecule has 40 heavy (non-hydrogen) atoms. The Morgan fingerprint density at radius 1 is 0.875 bits per heavy atom. The maximum absolute atomic E-state index is 13.4. The molecule has 0 fully saturated rings. The fraction of sp³-hybridized carbons (Fsp3) is 0.412. The van der Waals surface area contributed by atoms with Crippen molar-refractivity contribution < 1.29 is 19.2 Å². The summed E-state index contributed by atoms with van der Waals surface area (Å²) in [6.07, 6.45) is 6.98. The molecule has 0 aliphatic heterocycles. The number of ketones is 2. The molecule has 2 unspecified atom stereocenters. The van der Waals surface area contributed by atoms with Gasteiger partial charge in [-0.1, -0.05) is 92.0 Å². The number of fused-ring (bicyclic) bond motifs is 1. The second kappa shape index (κ2) is 13.0. The Balaban J connectivity index is 1.34. The SMILES string of the molecule is CCCCCCN=C(CCc1noc2c1C(=O)CC(c1ccccc1)C2)C1=C(O)CC(c2ccccc2)CC1=O. The molecule has 2 aliphatic carbocycles. The van der Waals surface area contributed by atoms with Gasteiger partial charge >= 0.3 is 0 Å². The zero-order valence-electron chi connectivity index (χ0n) is 23.3. The highest BCUT2D eigenvalue weighted by atomic mass is 16.5. The van der Waals surface area contributed by atoms with E-state index in [9.17, 15) is 14.7 Å². The molecule has 5 rings (SSSR count). The molecular weight excluding hydrogens is 500 g/mol. The Labute approximate surface area is 236 Å².